The second-order valence-corrected chi connectivity index (χ2v) is 13.8. The number of ether oxygens (including phenoxy) is 3. The van der Waals surface area contributed by atoms with Crippen LogP contribution in [0.4, 0.5) is 30.8 Å². The molecule has 1 fully saturated rings. The molecular formula is C34H40F2N6O7S. The summed E-state index contributed by atoms with van der Waals surface area (Å²) >= 11 is 0. The Hall–Kier alpha value is -4.64. The number of likely N-dealkylation sites (N-methyl/N-ethyl adjacent to an activating group) is 1. The molecule has 13 nitrogen and oxygen atoms in total. The molecular weight excluding hydrogens is 674 g/mol. The first-order chi connectivity index (χ1) is 23.9. The predicted octanol–water partition coefficient (Wildman–Crippen LogP) is 4.62. The van der Waals surface area contributed by atoms with Crippen molar-refractivity contribution < 1.29 is 41.0 Å². The topological polar surface area (TPSA) is 144 Å². The van der Waals surface area contributed by atoms with Gasteiger partial charge in [0.15, 0.2) is 5.82 Å². The predicted molar refractivity (Wildman–Crippen MR) is 184 cm³/mol. The van der Waals surface area contributed by atoms with E-state index in [1.807, 2.05) is 19.1 Å². The highest BCUT2D eigenvalue weighted by molar-refractivity contribution is 7.91. The Labute approximate surface area is 289 Å². The monoisotopic (exact) mass is 714 g/mol. The van der Waals surface area contributed by atoms with Gasteiger partial charge >= 0.3 is 6.09 Å². The minimum absolute atomic E-state index is 0.0642. The van der Waals surface area contributed by atoms with Crippen molar-refractivity contribution in [3.8, 4) is 0 Å². The van der Waals surface area contributed by atoms with Crippen molar-refractivity contribution in [1.29, 1.82) is 0 Å². The van der Waals surface area contributed by atoms with E-state index >= 15 is 0 Å². The van der Waals surface area contributed by atoms with E-state index in [9.17, 15) is 26.8 Å². The van der Waals surface area contributed by atoms with E-state index in [1.54, 1.807) is 20.1 Å². The molecule has 1 saturated heterocycles. The van der Waals surface area contributed by atoms with Crippen molar-refractivity contribution in [1.82, 2.24) is 14.7 Å². The summed E-state index contributed by atoms with van der Waals surface area (Å²) in [6, 6.07) is 10.9. The molecule has 2 heterocycles. The van der Waals surface area contributed by atoms with Gasteiger partial charge in [-0.05, 0) is 69.4 Å². The third-order valence-electron chi connectivity index (χ3n) is 8.10. The number of hydrogen-bond donors (Lipinski definition) is 2. The first-order valence-electron chi connectivity index (χ1n) is 16.0. The maximum Gasteiger partial charge on any atom is 0.435 e. The molecule has 16 heteroatoms. The van der Waals surface area contributed by atoms with Gasteiger partial charge in [-0.2, -0.15) is 4.68 Å². The molecule has 0 spiro atoms. The van der Waals surface area contributed by atoms with E-state index in [4.69, 9.17) is 14.2 Å². The minimum atomic E-state index is -4.44. The van der Waals surface area contributed by atoms with Crippen LogP contribution in [0.3, 0.4) is 0 Å². The molecule has 0 unspecified atom stereocenters. The average Bonchev–Trinajstić information content (AvgIpc) is 3.44. The molecule has 5 rings (SSSR count). The van der Waals surface area contributed by atoms with E-state index in [-0.39, 0.29) is 46.4 Å². The lowest BCUT2D eigenvalue weighted by molar-refractivity contribution is 0.0786. The molecule has 2 N–H and O–H groups in total. The number of nitrogens with one attached hydrogen (secondary N) is 2. The lowest BCUT2D eigenvalue weighted by Gasteiger charge is -2.34. The van der Waals surface area contributed by atoms with Crippen molar-refractivity contribution in [2.75, 3.05) is 82.3 Å². The molecule has 50 heavy (non-hydrogen) atoms. The Morgan fingerprint density at radius 1 is 0.960 bits per heavy atom. The molecule has 4 aromatic rings. The van der Waals surface area contributed by atoms with Gasteiger partial charge in [0.1, 0.15) is 18.2 Å². The van der Waals surface area contributed by atoms with Gasteiger partial charge < -0.3 is 34.6 Å². The molecule has 0 aliphatic carbocycles. The van der Waals surface area contributed by atoms with E-state index in [0.717, 1.165) is 36.5 Å². The fourth-order valence-corrected chi connectivity index (χ4v) is 6.88. The Morgan fingerprint density at radius 2 is 1.68 bits per heavy atom. The van der Waals surface area contributed by atoms with Crippen LogP contribution in [0.25, 0.3) is 10.9 Å². The highest BCUT2D eigenvalue weighted by Crippen LogP contribution is 2.32. The molecule has 1 atom stereocenters. The van der Waals surface area contributed by atoms with Crippen LogP contribution in [0.15, 0.2) is 64.4 Å². The highest BCUT2D eigenvalue weighted by Gasteiger charge is 2.26. The molecule has 1 amide bonds. The Kier molecular flexibility index (Phi) is 11.7. The number of benzene rings is 3. The maximum absolute atomic E-state index is 14.0. The van der Waals surface area contributed by atoms with Gasteiger partial charge in [0.05, 0.1) is 34.1 Å². The van der Waals surface area contributed by atoms with Crippen LogP contribution in [-0.4, -0.2) is 108 Å². The van der Waals surface area contributed by atoms with Gasteiger partial charge in [0, 0.05) is 68.8 Å². The molecule has 0 bridgehead atoms. The number of sulfone groups is 1. The number of carbonyl (C=O) groups excluding carboxylic acids is 2. The first-order valence-corrected chi connectivity index (χ1v) is 17.5. The first kappa shape index (κ1) is 36.6. The number of methoxy groups -OCH3 is 1. The largest absolute Gasteiger partial charge is 0.445 e. The normalized spacial score (nSPS) is 14.5. The van der Waals surface area contributed by atoms with E-state index in [2.05, 4.69) is 32.6 Å². The van der Waals surface area contributed by atoms with Crippen molar-refractivity contribution in [3.05, 3.63) is 71.8 Å². The Balaban J connectivity index is 1.54. The number of anilines is 3. The lowest BCUT2D eigenvalue weighted by Crippen LogP contribution is -2.44. The van der Waals surface area contributed by atoms with Gasteiger partial charge in [-0.25, -0.2) is 22.0 Å². The summed E-state index contributed by atoms with van der Waals surface area (Å²) in [5, 5.41) is 10.4. The molecule has 1 aliphatic rings. The Morgan fingerprint density at radius 3 is 2.36 bits per heavy atom. The van der Waals surface area contributed by atoms with Crippen molar-refractivity contribution in [2.45, 2.75) is 29.7 Å². The second kappa shape index (κ2) is 15.9. The standard InChI is InChI=1S/C34H40F2N6O7S/c1-5-48-14-15-49-34(44)42-31-9-7-26(50(45,46)27-17-23(35)16-24(36)18-27)20-29(31)32(39-42)38-33(43)28-8-6-25(41-12-10-40(3)11-13-41)19-30(28)37-22(2)21-47-4/h6-9,16-20,22,37H,5,10-15,21H2,1-4H3,(H,38,39,43)/t22-/m0/s1. The summed E-state index contributed by atoms with van der Waals surface area (Å²) in [4.78, 5) is 30.6. The average molecular weight is 715 g/mol. The number of carbonyl (C=O) groups is 2. The molecule has 3 aromatic carbocycles. The fourth-order valence-electron chi connectivity index (χ4n) is 5.55. The van der Waals surface area contributed by atoms with Crippen LogP contribution in [0.2, 0.25) is 0 Å². The molecule has 0 saturated carbocycles. The molecule has 0 radical (unpaired) electrons. The van der Waals surface area contributed by atoms with Crippen LogP contribution in [-0.2, 0) is 24.0 Å². The number of fused-ring (bicyclic) bond motifs is 1. The van der Waals surface area contributed by atoms with Crippen molar-refractivity contribution in [3.63, 3.8) is 0 Å². The van der Waals surface area contributed by atoms with E-state index < -0.39 is 38.4 Å². The van der Waals surface area contributed by atoms with Crippen LogP contribution in [0.1, 0.15) is 24.2 Å². The highest BCUT2D eigenvalue weighted by atomic mass is 32.2. The van der Waals surface area contributed by atoms with Gasteiger partial charge in [-0.3, -0.25) is 4.79 Å². The number of aromatic nitrogens is 2. The van der Waals surface area contributed by atoms with Crippen molar-refractivity contribution in [2.24, 2.45) is 0 Å². The maximum atomic E-state index is 14.0. The SMILES string of the molecule is CCOCCOC(=O)n1nc(NC(=O)c2ccc(N3CCN(C)CC3)cc2N[C@@H](C)COC)c2cc(S(=O)(=O)c3cc(F)cc(F)c3)ccc21. The quantitative estimate of drug-likeness (QED) is 0.187. The van der Waals surface area contributed by atoms with Crippen LogP contribution in [0.5, 0.6) is 0 Å². The van der Waals surface area contributed by atoms with Gasteiger partial charge in [-0.15, -0.1) is 5.10 Å². The third-order valence-corrected chi connectivity index (χ3v) is 9.84. The summed E-state index contributed by atoms with van der Waals surface area (Å²) in [5.74, 6) is -2.88. The van der Waals surface area contributed by atoms with E-state index in [1.165, 1.54) is 18.2 Å². The molecule has 1 aromatic heterocycles. The molecule has 268 valence electrons. The zero-order valence-electron chi connectivity index (χ0n) is 28.2. The minimum Gasteiger partial charge on any atom is -0.445 e. The number of nitrogens with zero attached hydrogens (tertiary/aromatic N) is 4. The van der Waals surface area contributed by atoms with Gasteiger partial charge in [0.25, 0.3) is 5.91 Å². The smallest absolute Gasteiger partial charge is 0.435 e. The Bertz CT molecular complexity index is 1940. The number of hydrogen-bond acceptors (Lipinski definition) is 11. The summed E-state index contributed by atoms with van der Waals surface area (Å²) in [5.41, 5.74) is 1.82. The number of amides is 1. The zero-order chi connectivity index (χ0) is 36.0. The summed E-state index contributed by atoms with van der Waals surface area (Å²) in [6.45, 7) is 7.95. The lowest BCUT2D eigenvalue weighted by atomic mass is 10.1. The summed E-state index contributed by atoms with van der Waals surface area (Å²) in [6.07, 6.45) is -0.898. The number of piperazine rings is 1. The zero-order valence-corrected chi connectivity index (χ0v) is 29.1. The van der Waals surface area contributed by atoms with Gasteiger partial charge in [-0.1, -0.05) is 0 Å². The van der Waals surface area contributed by atoms with Crippen LogP contribution >= 0.6 is 0 Å². The van der Waals surface area contributed by atoms with E-state index in [0.29, 0.717) is 37.1 Å². The van der Waals surface area contributed by atoms with Crippen molar-refractivity contribution >= 4 is 49.9 Å². The number of halogens is 2. The summed E-state index contributed by atoms with van der Waals surface area (Å²) < 4.78 is 71.7. The second-order valence-electron chi connectivity index (χ2n) is 11.8. The van der Waals surface area contributed by atoms with Gasteiger partial charge in [0.2, 0.25) is 9.84 Å². The fraction of sp³-hybridized carbons (Fsp3) is 0.382. The van der Waals surface area contributed by atoms with Crippen LogP contribution in [0, 0.1) is 11.6 Å². The third kappa shape index (κ3) is 8.38. The molecule has 1 aliphatic heterocycles. The summed E-state index contributed by atoms with van der Waals surface area (Å²) in [7, 11) is -0.798. The van der Waals surface area contributed by atoms with Crippen LogP contribution < -0.4 is 15.5 Å². The number of rotatable bonds is 13.